The summed E-state index contributed by atoms with van der Waals surface area (Å²) in [5, 5.41) is 9.36. The second-order valence-electron chi connectivity index (χ2n) is 5.76. The van der Waals surface area contributed by atoms with E-state index in [1.807, 2.05) is 0 Å². The summed E-state index contributed by atoms with van der Waals surface area (Å²) in [5.74, 6) is 0. The van der Waals surface area contributed by atoms with E-state index in [1.54, 1.807) is 5.56 Å². The fourth-order valence-electron chi connectivity index (χ4n) is 2.60. The third-order valence-corrected chi connectivity index (χ3v) is 3.59. The zero-order valence-electron chi connectivity index (χ0n) is 10.4. The summed E-state index contributed by atoms with van der Waals surface area (Å²) in [6.45, 7) is 4.53. The van der Waals surface area contributed by atoms with Gasteiger partial charge in [0.25, 0.3) is 0 Å². The Morgan fingerprint density at radius 1 is 1.19 bits per heavy atom. The van der Waals surface area contributed by atoms with E-state index >= 15 is 0 Å². The standard InChI is InChI=1S/C15H22O/c1-15(2,11-16)10-13-8-5-7-12-6-3-4-9-14(12)13/h5,7-8,16H,3-4,6,9-11H2,1-2H3. The first-order chi connectivity index (χ1) is 7.62. The van der Waals surface area contributed by atoms with Crippen LogP contribution in [0.3, 0.4) is 0 Å². The summed E-state index contributed by atoms with van der Waals surface area (Å²) < 4.78 is 0. The lowest BCUT2D eigenvalue weighted by Crippen LogP contribution is -2.21. The number of fused-ring (bicyclic) bond motifs is 1. The molecule has 1 aliphatic carbocycles. The maximum Gasteiger partial charge on any atom is 0.0485 e. The van der Waals surface area contributed by atoms with Crippen molar-refractivity contribution in [2.45, 2.75) is 46.0 Å². The van der Waals surface area contributed by atoms with Crippen molar-refractivity contribution in [1.29, 1.82) is 0 Å². The van der Waals surface area contributed by atoms with Crippen LogP contribution < -0.4 is 0 Å². The van der Waals surface area contributed by atoms with Crippen molar-refractivity contribution in [3.63, 3.8) is 0 Å². The molecule has 16 heavy (non-hydrogen) atoms. The molecule has 1 aromatic rings. The topological polar surface area (TPSA) is 20.2 Å². The molecule has 1 aliphatic rings. The first-order valence-electron chi connectivity index (χ1n) is 6.33. The number of hydrogen-bond donors (Lipinski definition) is 1. The van der Waals surface area contributed by atoms with Crippen LogP contribution in [0.15, 0.2) is 18.2 Å². The molecule has 1 nitrogen and oxygen atoms in total. The first kappa shape index (κ1) is 11.7. The summed E-state index contributed by atoms with van der Waals surface area (Å²) in [6, 6.07) is 6.68. The van der Waals surface area contributed by atoms with Crippen molar-refractivity contribution in [3.05, 3.63) is 34.9 Å². The monoisotopic (exact) mass is 218 g/mol. The Hall–Kier alpha value is -0.820. The number of aliphatic hydroxyl groups is 1. The molecule has 0 bridgehead atoms. The summed E-state index contributed by atoms with van der Waals surface area (Å²) in [4.78, 5) is 0. The SMILES string of the molecule is CC(C)(CO)Cc1cccc2c1CCCC2. The molecule has 0 atom stereocenters. The molecule has 0 unspecified atom stereocenters. The van der Waals surface area contributed by atoms with Gasteiger partial charge >= 0.3 is 0 Å². The molecule has 1 aromatic carbocycles. The van der Waals surface area contributed by atoms with E-state index in [9.17, 15) is 5.11 Å². The van der Waals surface area contributed by atoms with Crippen LogP contribution in [0.1, 0.15) is 43.4 Å². The predicted octanol–water partition coefficient (Wildman–Crippen LogP) is 3.13. The number of hydrogen-bond acceptors (Lipinski definition) is 1. The normalized spacial score (nSPS) is 15.9. The summed E-state index contributed by atoms with van der Waals surface area (Å²) in [5.41, 5.74) is 4.57. The highest BCUT2D eigenvalue weighted by molar-refractivity contribution is 5.37. The van der Waals surface area contributed by atoms with Gasteiger partial charge in [0.1, 0.15) is 0 Å². The molecule has 0 amide bonds. The fraction of sp³-hybridized carbons (Fsp3) is 0.600. The van der Waals surface area contributed by atoms with Crippen LogP contribution in [-0.4, -0.2) is 11.7 Å². The molecular formula is C15H22O. The average Bonchev–Trinajstić information content (AvgIpc) is 2.29. The van der Waals surface area contributed by atoms with Gasteiger partial charge in [-0.2, -0.15) is 0 Å². The Morgan fingerprint density at radius 2 is 1.94 bits per heavy atom. The molecule has 0 spiro atoms. The fourth-order valence-corrected chi connectivity index (χ4v) is 2.60. The van der Waals surface area contributed by atoms with Gasteiger partial charge in [-0.3, -0.25) is 0 Å². The molecule has 1 heteroatoms. The van der Waals surface area contributed by atoms with E-state index in [1.165, 1.54) is 36.8 Å². The van der Waals surface area contributed by atoms with Crippen LogP contribution in [-0.2, 0) is 19.3 Å². The van der Waals surface area contributed by atoms with Crippen LogP contribution in [0.4, 0.5) is 0 Å². The van der Waals surface area contributed by atoms with Gasteiger partial charge in [0.05, 0.1) is 0 Å². The highest BCUT2D eigenvalue weighted by atomic mass is 16.3. The maximum atomic E-state index is 9.36. The summed E-state index contributed by atoms with van der Waals surface area (Å²) in [6.07, 6.45) is 6.12. The average molecular weight is 218 g/mol. The molecule has 0 aromatic heterocycles. The molecule has 88 valence electrons. The van der Waals surface area contributed by atoms with E-state index in [0.717, 1.165) is 6.42 Å². The van der Waals surface area contributed by atoms with Gasteiger partial charge in [0.15, 0.2) is 0 Å². The molecule has 0 saturated heterocycles. The molecule has 1 N–H and O–H groups in total. The number of rotatable bonds is 3. The summed E-state index contributed by atoms with van der Waals surface area (Å²) in [7, 11) is 0. The summed E-state index contributed by atoms with van der Waals surface area (Å²) >= 11 is 0. The van der Waals surface area contributed by atoms with Gasteiger partial charge < -0.3 is 5.11 Å². The lowest BCUT2D eigenvalue weighted by molar-refractivity contribution is 0.159. The Bertz CT molecular complexity index is 366. The van der Waals surface area contributed by atoms with E-state index in [0.29, 0.717) is 0 Å². The zero-order valence-corrected chi connectivity index (χ0v) is 10.4. The highest BCUT2D eigenvalue weighted by Gasteiger charge is 2.20. The second-order valence-corrected chi connectivity index (χ2v) is 5.76. The van der Waals surface area contributed by atoms with Crippen molar-refractivity contribution in [2.24, 2.45) is 5.41 Å². The lowest BCUT2D eigenvalue weighted by Gasteiger charge is -2.26. The van der Waals surface area contributed by atoms with E-state index < -0.39 is 0 Å². The Morgan fingerprint density at radius 3 is 2.69 bits per heavy atom. The van der Waals surface area contributed by atoms with Gasteiger partial charge in [-0.15, -0.1) is 0 Å². The van der Waals surface area contributed by atoms with E-state index in [2.05, 4.69) is 32.0 Å². The van der Waals surface area contributed by atoms with Gasteiger partial charge in [0.2, 0.25) is 0 Å². The number of aliphatic hydroxyl groups excluding tert-OH is 1. The zero-order chi connectivity index (χ0) is 11.6. The Labute approximate surface area is 98.5 Å². The Kier molecular flexibility index (Phi) is 3.34. The van der Waals surface area contributed by atoms with Gasteiger partial charge in [-0.25, -0.2) is 0 Å². The van der Waals surface area contributed by atoms with Crippen molar-refractivity contribution in [1.82, 2.24) is 0 Å². The van der Waals surface area contributed by atoms with Crippen LogP contribution in [0.25, 0.3) is 0 Å². The predicted molar refractivity (Wildman–Crippen MR) is 67.7 cm³/mol. The third kappa shape index (κ3) is 2.46. The smallest absolute Gasteiger partial charge is 0.0485 e. The molecule has 0 saturated carbocycles. The minimum Gasteiger partial charge on any atom is -0.396 e. The van der Waals surface area contributed by atoms with Crippen molar-refractivity contribution in [2.75, 3.05) is 6.61 Å². The lowest BCUT2D eigenvalue weighted by atomic mass is 9.80. The van der Waals surface area contributed by atoms with Crippen molar-refractivity contribution >= 4 is 0 Å². The Balaban J connectivity index is 2.27. The largest absolute Gasteiger partial charge is 0.396 e. The van der Waals surface area contributed by atoms with Crippen LogP contribution >= 0.6 is 0 Å². The van der Waals surface area contributed by atoms with Gasteiger partial charge in [0, 0.05) is 6.61 Å². The molecule has 0 fully saturated rings. The number of aryl methyl sites for hydroxylation is 1. The van der Waals surface area contributed by atoms with Crippen LogP contribution in [0.5, 0.6) is 0 Å². The maximum absolute atomic E-state index is 9.36. The van der Waals surface area contributed by atoms with E-state index in [4.69, 9.17) is 0 Å². The minimum absolute atomic E-state index is 0.00652. The van der Waals surface area contributed by atoms with E-state index in [-0.39, 0.29) is 12.0 Å². The molecular weight excluding hydrogens is 196 g/mol. The quantitative estimate of drug-likeness (QED) is 0.826. The van der Waals surface area contributed by atoms with Crippen LogP contribution in [0.2, 0.25) is 0 Å². The van der Waals surface area contributed by atoms with Crippen LogP contribution in [0, 0.1) is 5.41 Å². The third-order valence-electron chi connectivity index (χ3n) is 3.59. The molecule has 0 radical (unpaired) electrons. The highest BCUT2D eigenvalue weighted by Crippen LogP contribution is 2.29. The second kappa shape index (κ2) is 4.58. The minimum atomic E-state index is 0.00652. The van der Waals surface area contributed by atoms with Gasteiger partial charge in [-0.05, 0) is 54.2 Å². The first-order valence-corrected chi connectivity index (χ1v) is 6.33. The van der Waals surface area contributed by atoms with Gasteiger partial charge in [-0.1, -0.05) is 32.0 Å². The molecule has 0 heterocycles. The number of benzene rings is 1. The molecule has 2 rings (SSSR count). The van der Waals surface area contributed by atoms with Crippen molar-refractivity contribution in [3.8, 4) is 0 Å². The molecule has 0 aliphatic heterocycles. The van der Waals surface area contributed by atoms with Crippen molar-refractivity contribution < 1.29 is 5.11 Å².